The van der Waals surface area contributed by atoms with Crippen LogP contribution in [0.15, 0.2) is 4.99 Å². The van der Waals surface area contributed by atoms with E-state index in [-0.39, 0.29) is 5.91 Å². The van der Waals surface area contributed by atoms with E-state index in [1.54, 1.807) is 7.05 Å². The first kappa shape index (κ1) is 17.4. The van der Waals surface area contributed by atoms with Gasteiger partial charge in [-0.15, -0.1) is 0 Å². The molecular formula is C16H30N4OS. The van der Waals surface area contributed by atoms with Crippen LogP contribution in [0.2, 0.25) is 0 Å². The lowest BCUT2D eigenvalue weighted by molar-refractivity contribution is -0.120. The average Bonchev–Trinajstić information content (AvgIpc) is 3.00. The fourth-order valence-electron chi connectivity index (χ4n) is 3.36. The van der Waals surface area contributed by atoms with Gasteiger partial charge in [-0.2, -0.15) is 11.8 Å². The number of hydrogen-bond acceptors (Lipinski definition) is 3. The molecule has 126 valence electrons. The van der Waals surface area contributed by atoms with Crippen molar-refractivity contribution in [2.45, 2.75) is 68.7 Å². The van der Waals surface area contributed by atoms with Crippen LogP contribution in [0.4, 0.5) is 0 Å². The zero-order valence-corrected chi connectivity index (χ0v) is 14.7. The molecule has 0 saturated heterocycles. The minimum atomic E-state index is 0.0725. The predicted octanol–water partition coefficient (Wildman–Crippen LogP) is 1.88. The van der Waals surface area contributed by atoms with E-state index in [9.17, 15) is 4.79 Å². The molecule has 2 unspecified atom stereocenters. The summed E-state index contributed by atoms with van der Waals surface area (Å²) < 4.78 is 0. The SMILES string of the molecule is CN=C(NCC(=O)NC1CCCCC1)NC1CCC(SC)C1. The molecule has 0 spiro atoms. The minimum absolute atomic E-state index is 0.0725. The van der Waals surface area contributed by atoms with Crippen LogP contribution in [0.25, 0.3) is 0 Å². The molecule has 0 aromatic rings. The number of nitrogens with one attached hydrogen (secondary N) is 3. The van der Waals surface area contributed by atoms with Gasteiger partial charge in [-0.3, -0.25) is 9.79 Å². The topological polar surface area (TPSA) is 65.5 Å². The van der Waals surface area contributed by atoms with Gasteiger partial charge in [0.05, 0.1) is 6.54 Å². The summed E-state index contributed by atoms with van der Waals surface area (Å²) in [6.45, 7) is 0.300. The summed E-state index contributed by atoms with van der Waals surface area (Å²) >= 11 is 1.94. The summed E-state index contributed by atoms with van der Waals surface area (Å²) in [6.07, 6.45) is 11.8. The monoisotopic (exact) mass is 326 g/mol. The number of carbonyl (C=O) groups excluding carboxylic acids is 1. The highest BCUT2D eigenvalue weighted by Gasteiger charge is 2.24. The van der Waals surface area contributed by atoms with Crippen LogP contribution < -0.4 is 16.0 Å². The van der Waals surface area contributed by atoms with Gasteiger partial charge in [-0.25, -0.2) is 0 Å². The molecule has 2 saturated carbocycles. The molecule has 5 nitrogen and oxygen atoms in total. The molecule has 0 aliphatic heterocycles. The third kappa shape index (κ3) is 5.71. The van der Waals surface area contributed by atoms with E-state index >= 15 is 0 Å². The van der Waals surface area contributed by atoms with Crippen LogP contribution in [-0.2, 0) is 4.79 Å². The Hall–Kier alpha value is -0.910. The fraction of sp³-hybridized carbons (Fsp3) is 0.875. The largest absolute Gasteiger partial charge is 0.354 e. The summed E-state index contributed by atoms with van der Waals surface area (Å²) in [5.41, 5.74) is 0. The van der Waals surface area contributed by atoms with Crippen LogP contribution in [-0.4, -0.2) is 49.0 Å². The van der Waals surface area contributed by atoms with E-state index in [2.05, 4.69) is 27.2 Å². The van der Waals surface area contributed by atoms with Gasteiger partial charge in [0, 0.05) is 24.4 Å². The molecule has 2 fully saturated rings. The number of guanidine groups is 1. The Labute approximate surface area is 138 Å². The van der Waals surface area contributed by atoms with Crippen LogP contribution in [0.5, 0.6) is 0 Å². The van der Waals surface area contributed by atoms with Crippen LogP contribution >= 0.6 is 11.8 Å². The number of rotatable bonds is 5. The van der Waals surface area contributed by atoms with Crippen molar-refractivity contribution in [3.8, 4) is 0 Å². The first-order valence-corrected chi connectivity index (χ1v) is 9.79. The van der Waals surface area contributed by atoms with Crippen molar-refractivity contribution in [3.05, 3.63) is 0 Å². The van der Waals surface area contributed by atoms with E-state index in [1.807, 2.05) is 11.8 Å². The van der Waals surface area contributed by atoms with Gasteiger partial charge in [0.1, 0.15) is 0 Å². The predicted molar refractivity (Wildman–Crippen MR) is 94.5 cm³/mol. The molecule has 2 aliphatic rings. The smallest absolute Gasteiger partial charge is 0.239 e. The van der Waals surface area contributed by atoms with E-state index in [0.717, 1.165) is 24.1 Å². The lowest BCUT2D eigenvalue weighted by atomic mass is 9.95. The van der Waals surface area contributed by atoms with Crippen molar-refractivity contribution in [3.63, 3.8) is 0 Å². The molecular weight excluding hydrogens is 296 g/mol. The molecule has 2 atom stereocenters. The number of hydrogen-bond donors (Lipinski definition) is 3. The second-order valence-electron chi connectivity index (χ2n) is 6.34. The lowest BCUT2D eigenvalue weighted by Crippen LogP contribution is -2.48. The Morgan fingerprint density at radius 1 is 1.09 bits per heavy atom. The maximum atomic E-state index is 12.0. The highest BCUT2D eigenvalue weighted by atomic mass is 32.2. The lowest BCUT2D eigenvalue weighted by Gasteiger charge is -2.23. The van der Waals surface area contributed by atoms with Crippen LogP contribution in [0.3, 0.4) is 0 Å². The number of aliphatic imine (C=N–C) groups is 1. The van der Waals surface area contributed by atoms with Crippen LogP contribution in [0, 0.1) is 0 Å². The van der Waals surface area contributed by atoms with E-state index in [4.69, 9.17) is 0 Å². The molecule has 0 radical (unpaired) electrons. The van der Waals surface area contributed by atoms with Gasteiger partial charge < -0.3 is 16.0 Å². The van der Waals surface area contributed by atoms with Crippen molar-refractivity contribution in [2.75, 3.05) is 19.8 Å². The Morgan fingerprint density at radius 2 is 1.86 bits per heavy atom. The Morgan fingerprint density at radius 3 is 2.50 bits per heavy atom. The fourth-order valence-corrected chi connectivity index (χ4v) is 4.16. The third-order valence-electron chi connectivity index (χ3n) is 4.67. The molecule has 1 amide bonds. The highest BCUT2D eigenvalue weighted by Crippen LogP contribution is 2.27. The van der Waals surface area contributed by atoms with Crippen molar-refractivity contribution < 1.29 is 4.79 Å². The van der Waals surface area contributed by atoms with Gasteiger partial charge >= 0.3 is 0 Å². The number of amides is 1. The zero-order valence-electron chi connectivity index (χ0n) is 13.9. The summed E-state index contributed by atoms with van der Waals surface area (Å²) in [4.78, 5) is 16.2. The first-order chi connectivity index (χ1) is 10.7. The van der Waals surface area contributed by atoms with Crippen molar-refractivity contribution in [1.82, 2.24) is 16.0 Å². The number of nitrogens with zero attached hydrogens (tertiary/aromatic N) is 1. The Balaban J connectivity index is 1.66. The quantitative estimate of drug-likeness (QED) is 0.533. The Kier molecular flexibility index (Phi) is 7.36. The summed E-state index contributed by atoms with van der Waals surface area (Å²) in [5, 5.41) is 10.4. The van der Waals surface area contributed by atoms with Gasteiger partial charge in [0.2, 0.25) is 5.91 Å². The molecule has 22 heavy (non-hydrogen) atoms. The molecule has 6 heteroatoms. The van der Waals surface area contributed by atoms with E-state index < -0.39 is 0 Å². The van der Waals surface area contributed by atoms with Gasteiger partial charge in [-0.1, -0.05) is 19.3 Å². The standard InChI is InChI=1S/C16H30N4OS/c1-17-16(20-13-8-9-14(10-13)22-2)18-11-15(21)19-12-6-4-3-5-7-12/h12-14H,3-11H2,1-2H3,(H,19,21)(H2,17,18,20). The molecule has 0 bridgehead atoms. The van der Waals surface area contributed by atoms with Crippen molar-refractivity contribution >= 4 is 23.6 Å². The molecule has 3 N–H and O–H groups in total. The maximum absolute atomic E-state index is 12.0. The van der Waals surface area contributed by atoms with Crippen molar-refractivity contribution in [2.24, 2.45) is 4.99 Å². The van der Waals surface area contributed by atoms with E-state index in [0.29, 0.717) is 18.6 Å². The highest BCUT2D eigenvalue weighted by molar-refractivity contribution is 7.99. The van der Waals surface area contributed by atoms with Crippen LogP contribution in [0.1, 0.15) is 51.4 Å². The Bertz CT molecular complexity index is 382. The van der Waals surface area contributed by atoms with Gasteiger partial charge in [0.15, 0.2) is 5.96 Å². The average molecular weight is 327 g/mol. The summed E-state index contributed by atoms with van der Waals surface area (Å²) in [6, 6.07) is 0.847. The maximum Gasteiger partial charge on any atom is 0.239 e. The van der Waals surface area contributed by atoms with E-state index in [1.165, 1.54) is 38.5 Å². The summed E-state index contributed by atoms with van der Waals surface area (Å²) in [7, 11) is 1.76. The van der Waals surface area contributed by atoms with Gasteiger partial charge in [0.25, 0.3) is 0 Å². The second-order valence-corrected chi connectivity index (χ2v) is 7.48. The minimum Gasteiger partial charge on any atom is -0.354 e. The summed E-state index contributed by atoms with van der Waals surface area (Å²) in [5.74, 6) is 0.814. The van der Waals surface area contributed by atoms with Gasteiger partial charge in [-0.05, 0) is 38.4 Å². The van der Waals surface area contributed by atoms with Crippen molar-refractivity contribution in [1.29, 1.82) is 0 Å². The number of carbonyl (C=O) groups is 1. The zero-order chi connectivity index (χ0) is 15.8. The first-order valence-electron chi connectivity index (χ1n) is 8.50. The molecule has 0 aromatic carbocycles. The number of thioether (sulfide) groups is 1. The third-order valence-corrected chi connectivity index (χ3v) is 5.76. The molecule has 2 aliphatic carbocycles. The normalized spacial score (nSPS) is 26.7. The molecule has 0 heterocycles. The second kappa shape index (κ2) is 9.28. The molecule has 0 aromatic heterocycles. The molecule has 2 rings (SSSR count).